The first-order valence-corrected chi connectivity index (χ1v) is 8.02. The molecule has 1 atom stereocenters. The van der Waals surface area contributed by atoms with Crippen molar-refractivity contribution < 1.29 is 5.11 Å². The quantitative estimate of drug-likeness (QED) is 0.797. The van der Waals surface area contributed by atoms with Gasteiger partial charge in [-0.2, -0.15) is 0 Å². The number of hydrogen-bond acceptors (Lipinski definition) is 1. The Morgan fingerprint density at radius 3 is 2.70 bits per heavy atom. The average molecular weight is 352 g/mol. The molecule has 0 spiro atoms. The highest BCUT2D eigenvalue weighted by atomic mass is 79.9. The van der Waals surface area contributed by atoms with E-state index < -0.39 is 6.10 Å². The number of aliphatic hydroxyl groups is 1. The van der Waals surface area contributed by atoms with E-state index in [4.69, 9.17) is 11.6 Å². The first-order chi connectivity index (χ1) is 9.63. The van der Waals surface area contributed by atoms with Crippen LogP contribution in [0.5, 0.6) is 0 Å². The standard InChI is InChI=1S/C17H16BrClO/c18-15-7-6-13(16(19)10-15)9-17(20)14-3-1-2-12(8-14)11-4-5-11/h1-3,6-8,10-11,17,20H,4-5,9H2. The maximum atomic E-state index is 10.4. The van der Waals surface area contributed by atoms with Gasteiger partial charge in [-0.1, -0.05) is 57.9 Å². The van der Waals surface area contributed by atoms with Gasteiger partial charge in [0.1, 0.15) is 0 Å². The largest absolute Gasteiger partial charge is 0.388 e. The van der Waals surface area contributed by atoms with Gasteiger partial charge in [-0.25, -0.2) is 0 Å². The monoisotopic (exact) mass is 350 g/mol. The molecule has 0 radical (unpaired) electrons. The summed E-state index contributed by atoms with van der Waals surface area (Å²) in [5.41, 5.74) is 3.30. The van der Waals surface area contributed by atoms with E-state index >= 15 is 0 Å². The lowest BCUT2D eigenvalue weighted by molar-refractivity contribution is 0.178. The van der Waals surface area contributed by atoms with E-state index in [-0.39, 0.29) is 0 Å². The van der Waals surface area contributed by atoms with Gasteiger partial charge in [0, 0.05) is 15.9 Å². The van der Waals surface area contributed by atoms with Crippen LogP contribution in [-0.2, 0) is 6.42 Å². The van der Waals surface area contributed by atoms with E-state index in [1.54, 1.807) is 0 Å². The minimum absolute atomic E-state index is 0.507. The lowest BCUT2D eigenvalue weighted by Crippen LogP contribution is -2.03. The molecule has 20 heavy (non-hydrogen) atoms. The Hall–Kier alpha value is -0.830. The first kappa shape index (κ1) is 14.1. The molecule has 1 nitrogen and oxygen atoms in total. The third-order valence-electron chi connectivity index (χ3n) is 3.77. The highest BCUT2D eigenvalue weighted by Gasteiger charge is 2.24. The molecule has 1 aliphatic rings. The van der Waals surface area contributed by atoms with E-state index in [0.29, 0.717) is 17.4 Å². The van der Waals surface area contributed by atoms with Crippen molar-refractivity contribution in [3.63, 3.8) is 0 Å². The fourth-order valence-electron chi connectivity index (χ4n) is 2.45. The van der Waals surface area contributed by atoms with Crippen LogP contribution in [0.3, 0.4) is 0 Å². The van der Waals surface area contributed by atoms with Gasteiger partial charge in [-0.3, -0.25) is 0 Å². The van der Waals surface area contributed by atoms with Gasteiger partial charge in [0.05, 0.1) is 6.10 Å². The second kappa shape index (κ2) is 5.88. The zero-order valence-electron chi connectivity index (χ0n) is 11.0. The summed E-state index contributed by atoms with van der Waals surface area (Å²) in [6.45, 7) is 0. The smallest absolute Gasteiger partial charge is 0.0831 e. The van der Waals surface area contributed by atoms with Gasteiger partial charge < -0.3 is 5.11 Å². The number of hydrogen-bond donors (Lipinski definition) is 1. The van der Waals surface area contributed by atoms with Gasteiger partial charge in [0.2, 0.25) is 0 Å². The Bertz CT molecular complexity index is 622. The molecular weight excluding hydrogens is 336 g/mol. The zero-order valence-corrected chi connectivity index (χ0v) is 13.4. The second-order valence-corrected chi connectivity index (χ2v) is 6.72. The Morgan fingerprint density at radius 2 is 2.00 bits per heavy atom. The van der Waals surface area contributed by atoms with Crippen molar-refractivity contribution in [1.29, 1.82) is 0 Å². The molecule has 0 heterocycles. The first-order valence-electron chi connectivity index (χ1n) is 6.85. The predicted octanol–water partition coefficient (Wildman–Crippen LogP) is 5.26. The SMILES string of the molecule is OC(Cc1ccc(Br)cc1Cl)c1cccc(C2CC2)c1. The molecule has 0 aliphatic heterocycles. The minimum Gasteiger partial charge on any atom is -0.388 e. The minimum atomic E-state index is -0.507. The molecule has 2 aromatic carbocycles. The molecule has 0 bridgehead atoms. The molecule has 1 aliphatic carbocycles. The van der Waals surface area contributed by atoms with Crippen LogP contribution in [0, 0.1) is 0 Å². The summed E-state index contributed by atoms with van der Waals surface area (Å²) in [6, 6.07) is 14.1. The van der Waals surface area contributed by atoms with E-state index in [1.807, 2.05) is 30.3 Å². The topological polar surface area (TPSA) is 20.2 Å². The lowest BCUT2D eigenvalue weighted by atomic mass is 9.98. The molecule has 1 fully saturated rings. The summed E-state index contributed by atoms with van der Waals surface area (Å²) in [6.07, 6.45) is 2.59. The van der Waals surface area contributed by atoms with Gasteiger partial charge >= 0.3 is 0 Å². The Balaban J connectivity index is 1.78. The highest BCUT2D eigenvalue weighted by molar-refractivity contribution is 9.10. The summed E-state index contributed by atoms with van der Waals surface area (Å²) in [7, 11) is 0. The Kier molecular flexibility index (Phi) is 4.16. The van der Waals surface area contributed by atoms with Crippen LogP contribution in [0.1, 0.15) is 41.6 Å². The number of aliphatic hydroxyl groups excluding tert-OH is 1. The summed E-state index contributed by atoms with van der Waals surface area (Å²) >= 11 is 9.60. The fourth-order valence-corrected chi connectivity index (χ4v) is 3.20. The number of benzene rings is 2. The van der Waals surface area contributed by atoms with Gasteiger partial charge in [-0.05, 0) is 47.6 Å². The van der Waals surface area contributed by atoms with Crippen molar-refractivity contribution in [3.05, 3.63) is 68.7 Å². The number of rotatable bonds is 4. The molecular formula is C17H16BrClO. The third-order valence-corrected chi connectivity index (χ3v) is 4.62. The van der Waals surface area contributed by atoms with Crippen LogP contribution in [0.15, 0.2) is 46.9 Å². The summed E-state index contributed by atoms with van der Waals surface area (Å²) in [4.78, 5) is 0. The van der Waals surface area contributed by atoms with E-state index in [2.05, 4.69) is 28.1 Å². The van der Waals surface area contributed by atoms with E-state index in [9.17, 15) is 5.11 Å². The molecule has 1 saturated carbocycles. The van der Waals surface area contributed by atoms with Crippen LogP contribution in [-0.4, -0.2) is 5.11 Å². The predicted molar refractivity (Wildman–Crippen MR) is 86.2 cm³/mol. The molecule has 3 rings (SSSR count). The van der Waals surface area contributed by atoms with E-state index in [0.717, 1.165) is 15.6 Å². The van der Waals surface area contributed by atoms with Crippen molar-refractivity contribution in [3.8, 4) is 0 Å². The van der Waals surface area contributed by atoms with Crippen molar-refractivity contribution in [2.75, 3.05) is 0 Å². The molecule has 0 saturated heterocycles. The summed E-state index contributed by atoms with van der Waals surface area (Å²) in [5.74, 6) is 0.707. The lowest BCUT2D eigenvalue weighted by Gasteiger charge is -2.13. The van der Waals surface area contributed by atoms with Gasteiger partial charge in [0.25, 0.3) is 0 Å². The maximum absolute atomic E-state index is 10.4. The summed E-state index contributed by atoms with van der Waals surface area (Å²) in [5, 5.41) is 11.1. The van der Waals surface area contributed by atoms with Gasteiger partial charge in [-0.15, -0.1) is 0 Å². The molecule has 3 heteroatoms. The maximum Gasteiger partial charge on any atom is 0.0831 e. The van der Waals surface area contributed by atoms with Crippen molar-refractivity contribution in [2.45, 2.75) is 31.3 Å². The number of halogens is 2. The van der Waals surface area contributed by atoms with Crippen LogP contribution in [0.4, 0.5) is 0 Å². The van der Waals surface area contributed by atoms with Crippen LogP contribution in [0.25, 0.3) is 0 Å². The van der Waals surface area contributed by atoms with Crippen LogP contribution >= 0.6 is 27.5 Å². The van der Waals surface area contributed by atoms with Gasteiger partial charge in [0.15, 0.2) is 0 Å². The van der Waals surface area contributed by atoms with Crippen molar-refractivity contribution >= 4 is 27.5 Å². The molecule has 2 aromatic rings. The van der Waals surface area contributed by atoms with Crippen LogP contribution in [0.2, 0.25) is 5.02 Å². The second-order valence-electron chi connectivity index (χ2n) is 5.40. The van der Waals surface area contributed by atoms with Crippen molar-refractivity contribution in [2.24, 2.45) is 0 Å². The highest BCUT2D eigenvalue weighted by Crippen LogP contribution is 2.40. The molecule has 104 valence electrons. The molecule has 0 amide bonds. The summed E-state index contributed by atoms with van der Waals surface area (Å²) < 4.78 is 0.955. The molecule has 1 unspecified atom stereocenters. The average Bonchev–Trinajstić information content (AvgIpc) is 3.26. The van der Waals surface area contributed by atoms with E-state index in [1.165, 1.54) is 18.4 Å². The van der Waals surface area contributed by atoms with Crippen LogP contribution < -0.4 is 0 Å². The Labute approximate surface area is 132 Å². The third kappa shape index (κ3) is 3.25. The molecule has 0 aromatic heterocycles. The Morgan fingerprint density at radius 1 is 1.20 bits per heavy atom. The van der Waals surface area contributed by atoms with Crippen molar-refractivity contribution in [1.82, 2.24) is 0 Å². The fraction of sp³-hybridized carbons (Fsp3) is 0.294. The molecule has 1 N–H and O–H groups in total. The zero-order chi connectivity index (χ0) is 14.1. The normalized spacial score (nSPS) is 16.1.